The third-order valence-corrected chi connectivity index (χ3v) is 5.91. The Kier molecular flexibility index (Phi) is 7.93. The van der Waals surface area contributed by atoms with E-state index in [0.29, 0.717) is 17.0 Å². The maximum Gasteiger partial charge on any atom is 0.408 e. The molecule has 0 aliphatic carbocycles. The lowest BCUT2D eigenvalue weighted by Gasteiger charge is -2.25. The van der Waals surface area contributed by atoms with Crippen LogP contribution in [0, 0.1) is 0 Å². The van der Waals surface area contributed by atoms with Gasteiger partial charge in [0.15, 0.2) is 0 Å². The maximum absolute atomic E-state index is 13.1. The molecule has 0 fully saturated rings. The SMILES string of the molecule is CCOC(=O)[C@@H]1Cc2ccccc2N1C(=O)CNC(=O)[C@@H](NC(=O)OC(C)(C)C)c1cccs1. The van der Waals surface area contributed by atoms with Gasteiger partial charge in [-0.05, 0) is 50.8 Å². The molecule has 1 aliphatic heterocycles. The summed E-state index contributed by atoms with van der Waals surface area (Å²) >= 11 is 1.29. The van der Waals surface area contributed by atoms with Gasteiger partial charge in [0.05, 0.1) is 13.2 Å². The second kappa shape index (κ2) is 10.7. The van der Waals surface area contributed by atoms with Gasteiger partial charge in [0.25, 0.3) is 0 Å². The first-order valence-corrected chi connectivity index (χ1v) is 11.9. The van der Waals surface area contributed by atoms with Gasteiger partial charge in [-0.2, -0.15) is 0 Å². The molecule has 1 aromatic heterocycles. The zero-order chi connectivity index (χ0) is 24.9. The molecule has 2 aromatic rings. The van der Waals surface area contributed by atoms with E-state index in [-0.39, 0.29) is 13.2 Å². The van der Waals surface area contributed by atoms with Crippen molar-refractivity contribution in [2.75, 3.05) is 18.1 Å². The number of hydrogen-bond donors (Lipinski definition) is 2. The molecule has 0 unspecified atom stereocenters. The average molecular weight is 488 g/mol. The predicted molar refractivity (Wildman–Crippen MR) is 127 cm³/mol. The Morgan fingerprint density at radius 3 is 2.53 bits per heavy atom. The fourth-order valence-corrected chi connectivity index (χ4v) is 4.39. The Hall–Kier alpha value is -3.40. The number of nitrogens with zero attached hydrogens (tertiary/aromatic N) is 1. The molecule has 0 saturated heterocycles. The first-order chi connectivity index (χ1) is 16.1. The molecule has 3 amide bonds. The van der Waals surface area contributed by atoms with Gasteiger partial charge in [-0.1, -0.05) is 24.3 Å². The number of hydrogen-bond acceptors (Lipinski definition) is 7. The van der Waals surface area contributed by atoms with Gasteiger partial charge in [-0.3, -0.25) is 14.5 Å². The van der Waals surface area contributed by atoms with Crippen LogP contribution >= 0.6 is 11.3 Å². The number of ether oxygens (including phenoxy) is 2. The van der Waals surface area contributed by atoms with E-state index in [1.54, 1.807) is 57.3 Å². The molecular weight excluding hydrogens is 458 g/mol. The van der Waals surface area contributed by atoms with Crippen molar-refractivity contribution in [3.05, 3.63) is 52.2 Å². The van der Waals surface area contributed by atoms with Gasteiger partial charge in [0, 0.05) is 17.0 Å². The third-order valence-electron chi connectivity index (χ3n) is 4.97. The van der Waals surface area contributed by atoms with Crippen LogP contribution in [0.3, 0.4) is 0 Å². The third kappa shape index (κ3) is 6.13. The van der Waals surface area contributed by atoms with Crippen LogP contribution in [0.25, 0.3) is 0 Å². The zero-order valence-electron chi connectivity index (χ0n) is 19.6. The molecule has 2 atom stereocenters. The molecule has 2 N–H and O–H groups in total. The van der Waals surface area contributed by atoms with Gasteiger partial charge in [0.2, 0.25) is 11.8 Å². The fourth-order valence-electron chi connectivity index (χ4n) is 3.62. The van der Waals surface area contributed by atoms with Crippen LogP contribution in [0.2, 0.25) is 0 Å². The standard InChI is InChI=1S/C24H29N3O6S/c1-5-32-22(30)17-13-15-9-6-7-10-16(15)27(17)19(28)14-25-21(29)20(18-11-8-12-34-18)26-23(31)33-24(2,3)4/h6-12,17,20H,5,13-14H2,1-4H3,(H,25,29)(H,26,31)/t17-,20-/m0/s1. The minimum atomic E-state index is -1.03. The van der Waals surface area contributed by atoms with Crippen LogP contribution in [0.1, 0.15) is 44.2 Å². The number of fused-ring (bicyclic) bond motifs is 1. The monoisotopic (exact) mass is 487 g/mol. The lowest BCUT2D eigenvalue weighted by atomic mass is 10.1. The Labute approximate surface area is 202 Å². The minimum absolute atomic E-state index is 0.198. The molecule has 0 bridgehead atoms. The zero-order valence-corrected chi connectivity index (χ0v) is 20.4. The quantitative estimate of drug-likeness (QED) is 0.581. The summed E-state index contributed by atoms with van der Waals surface area (Å²) in [4.78, 5) is 52.9. The van der Waals surface area contributed by atoms with Crippen LogP contribution < -0.4 is 15.5 Å². The molecule has 0 saturated carbocycles. The van der Waals surface area contributed by atoms with Crippen molar-refractivity contribution in [2.24, 2.45) is 0 Å². The van der Waals surface area contributed by atoms with E-state index >= 15 is 0 Å². The van der Waals surface area contributed by atoms with Crippen molar-refractivity contribution in [1.29, 1.82) is 0 Å². The van der Waals surface area contributed by atoms with Crippen molar-refractivity contribution < 1.29 is 28.7 Å². The maximum atomic E-state index is 13.1. The summed E-state index contributed by atoms with van der Waals surface area (Å²) in [5.74, 6) is -1.53. The van der Waals surface area contributed by atoms with E-state index in [2.05, 4.69) is 10.6 Å². The Morgan fingerprint density at radius 2 is 1.88 bits per heavy atom. The highest BCUT2D eigenvalue weighted by molar-refractivity contribution is 7.10. The number of rotatable bonds is 7. The number of alkyl carbamates (subject to hydrolysis) is 1. The van der Waals surface area contributed by atoms with E-state index in [0.717, 1.165) is 5.56 Å². The number of para-hydroxylation sites is 1. The van der Waals surface area contributed by atoms with Crippen molar-refractivity contribution in [3.8, 4) is 0 Å². The number of thiophene rings is 1. The Balaban J connectivity index is 1.72. The molecule has 0 radical (unpaired) electrons. The lowest BCUT2D eigenvalue weighted by molar-refractivity contribution is -0.145. The van der Waals surface area contributed by atoms with Crippen LogP contribution in [0.5, 0.6) is 0 Å². The number of carbonyl (C=O) groups excluding carboxylic acids is 4. The highest BCUT2D eigenvalue weighted by Crippen LogP contribution is 2.32. The molecule has 9 nitrogen and oxygen atoms in total. The summed E-state index contributed by atoms with van der Waals surface area (Å²) in [6, 6.07) is 8.87. The Bertz CT molecular complexity index is 1050. The molecular formula is C24H29N3O6S. The molecule has 1 aromatic carbocycles. The number of anilines is 1. The van der Waals surface area contributed by atoms with Crippen molar-refractivity contribution in [3.63, 3.8) is 0 Å². The smallest absolute Gasteiger partial charge is 0.408 e. The predicted octanol–water partition coefficient (Wildman–Crippen LogP) is 2.95. The summed E-state index contributed by atoms with van der Waals surface area (Å²) in [6.07, 6.45) is -0.407. The van der Waals surface area contributed by atoms with Gasteiger partial charge in [0.1, 0.15) is 17.7 Å². The van der Waals surface area contributed by atoms with Gasteiger partial charge in [-0.25, -0.2) is 9.59 Å². The van der Waals surface area contributed by atoms with Crippen molar-refractivity contribution in [1.82, 2.24) is 10.6 Å². The molecule has 0 spiro atoms. The molecule has 2 heterocycles. The first-order valence-electron chi connectivity index (χ1n) is 11.0. The summed E-state index contributed by atoms with van der Waals surface area (Å²) in [6.45, 7) is 6.71. The van der Waals surface area contributed by atoms with Crippen LogP contribution in [-0.4, -0.2) is 48.7 Å². The summed E-state index contributed by atoms with van der Waals surface area (Å²) in [5, 5.41) is 6.94. The van der Waals surface area contributed by atoms with Crippen LogP contribution in [0.4, 0.5) is 10.5 Å². The van der Waals surface area contributed by atoms with E-state index in [4.69, 9.17) is 9.47 Å². The van der Waals surface area contributed by atoms with E-state index in [1.165, 1.54) is 16.2 Å². The summed E-state index contributed by atoms with van der Waals surface area (Å²) < 4.78 is 10.4. The summed E-state index contributed by atoms with van der Waals surface area (Å²) in [7, 11) is 0. The lowest BCUT2D eigenvalue weighted by Crippen LogP contribution is -2.49. The first kappa shape index (κ1) is 25.2. The minimum Gasteiger partial charge on any atom is -0.464 e. The number of nitrogens with one attached hydrogen (secondary N) is 2. The largest absolute Gasteiger partial charge is 0.464 e. The number of esters is 1. The normalized spacial score (nSPS) is 15.8. The fraction of sp³-hybridized carbons (Fsp3) is 0.417. The van der Waals surface area contributed by atoms with Crippen LogP contribution in [0.15, 0.2) is 41.8 Å². The van der Waals surface area contributed by atoms with E-state index < -0.39 is 41.6 Å². The summed E-state index contributed by atoms with van der Waals surface area (Å²) in [5.41, 5.74) is 0.728. The number of carbonyl (C=O) groups is 4. The van der Waals surface area contributed by atoms with Crippen molar-refractivity contribution in [2.45, 2.75) is 51.8 Å². The highest BCUT2D eigenvalue weighted by Gasteiger charge is 2.39. The second-order valence-electron chi connectivity index (χ2n) is 8.68. The molecule has 3 rings (SSSR count). The number of benzene rings is 1. The number of amides is 3. The molecule has 34 heavy (non-hydrogen) atoms. The average Bonchev–Trinajstić information content (AvgIpc) is 3.42. The Morgan fingerprint density at radius 1 is 1.15 bits per heavy atom. The molecule has 1 aliphatic rings. The van der Waals surface area contributed by atoms with Crippen LogP contribution in [-0.2, 0) is 30.3 Å². The second-order valence-corrected chi connectivity index (χ2v) is 9.66. The molecule has 182 valence electrons. The topological polar surface area (TPSA) is 114 Å². The van der Waals surface area contributed by atoms with Gasteiger partial charge < -0.3 is 20.1 Å². The molecule has 10 heteroatoms. The van der Waals surface area contributed by atoms with Gasteiger partial charge in [-0.15, -0.1) is 11.3 Å². The van der Waals surface area contributed by atoms with E-state index in [1.807, 2.05) is 12.1 Å². The van der Waals surface area contributed by atoms with Gasteiger partial charge >= 0.3 is 12.1 Å². The van der Waals surface area contributed by atoms with Crippen molar-refractivity contribution >= 4 is 40.9 Å². The van der Waals surface area contributed by atoms with E-state index in [9.17, 15) is 19.2 Å². The highest BCUT2D eigenvalue weighted by atomic mass is 32.1.